The largest absolute Gasteiger partial charge is 0.192 e. The predicted octanol–water partition coefficient (Wildman–Crippen LogP) is 6.47. The normalized spacial score (nSPS) is 9.70. The van der Waals surface area contributed by atoms with Gasteiger partial charge in [0.05, 0.1) is 15.2 Å². The van der Waals surface area contributed by atoms with Crippen molar-refractivity contribution < 1.29 is 0 Å². The first-order valence-corrected chi connectivity index (χ1v) is 8.48. The molecule has 0 aliphatic carbocycles. The topological polar surface area (TPSA) is 12.4 Å². The smallest absolute Gasteiger partial charge is 0.111 e. The van der Waals surface area contributed by atoms with Gasteiger partial charge in [0.2, 0.25) is 0 Å². The number of rotatable bonds is 4. The summed E-state index contributed by atoms with van der Waals surface area (Å²) in [7, 11) is 0. The summed E-state index contributed by atoms with van der Waals surface area (Å²) in [6.07, 6.45) is 3.52. The predicted molar refractivity (Wildman–Crippen MR) is 102 cm³/mol. The molecule has 0 radical (unpaired) electrons. The highest BCUT2D eigenvalue weighted by Crippen LogP contribution is 2.33. The molecule has 0 spiro atoms. The molecular formula is C19H15Cl2NS. The molecule has 0 bridgehead atoms. The lowest BCUT2D eigenvalue weighted by molar-refractivity contribution is 0.795. The molecule has 0 saturated carbocycles. The zero-order chi connectivity index (χ0) is 16.7. The Bertz CT molecular complexity index is 771. The summed E-state index contributed by atoms with van der Waals surface area (Å²) in [5.41, 5.74) is 3.46. The lowest BCUT2D eigenvalue weighted by atomic mass is 10.1. The Hall–Kier alpha value is -1.62. The lowest BCUT2D eigenvalue weighted by Crippen LogP contribution is -1.85. The van der Waals surface area contributed by atoms with Crippen LogP contribution in [-0.2, 0) is 6.42 Å². The van der Waals surface area contributed by atoms with Crippen molar-refractivity contribution in [2.24, 2.45) is 4.99 Å². The summed E-state index contributed by atoms with van der Waals surface area (Å²) in [5, 5.41) is 3.09. The van der Waals surface area contributed by atoms with Crippen molar-refractivity contribution in [2.75, 3.05) is 0 Å². The molecule has 1 nitrogen and oxygen atoms in total. The van der Waals surface area contributed by atoms with Crippen LogP contribution in [0, 0.1) is 11.8 Å². The summed E-state index contributed by atoms with van der Waals surface area (Å²) in [5.74, 6) is 6.18. The van der Waals surface area contributed by atoms with Gasteiger partial charge in [-0.25, -0.2) is 0 Å². The molecule has 116 valence electrons. The van der Waals surface area contributed by atoms with Gasteiger partial charge in [0, 0.05) is 11.1 Å². The van der Waals surface area contributed by atoms with Crippen LogP contribution in [0.15, 0.2) is 41.4 Å². The summed E-state index contributed by atoms with van der Waals surface area (Å²) in [6, 6.07) is 11.8. The first kappa shape index (κ1) is 17.7. The van der Waals surface area contributed by atoms with Gasteiger partial charge in [-0.05, 0) is 54.9 Å². The lowest BCUT2D eigenvalue weighted by Gasteiger charge is -2.01. The van der Waals surface area contributed by atoms with Crippen molar-refractivity contribution in [1.29, 1.82) is 0 Å². The number of benzene rings is 2. The van der Waals surface area contributed by atoms with Gasteiger partial charge < -0.3 is 0 Å². The first-order valence-electron chi connectivity index (χ1n) is 7.32. The average Bonchev–Trinajstić information content (AvgIpc) is 2.55. The number of aryl methyl sites for hydroxylation is 1. The van der Waals surface area contributed by atoms with E-state index in [2.05, 4.69) is 53.3 Å². The van der Waals surface area contributed by atoms with Crippen LogP contribution in [0.2, 0.25) is 10.0 Å². The first-order chi connectivity index (χ1) is 11.1. The minimum Gasteiger partial charge on any atom is -0.192 e. The molecule has 0 aromatic heterocycles. The Balaban J connectivity index is 2.20. The van der Waals surface area contributed by atoms with E-state index in [1.807, 2.05) is 12.1 Å². The van der Waals surface area contributed by atoms with E-state index in [-0.39, 0.29) is 0 Å². The molecule has 0 unspecified atom stereocenters. The van der Waals surface area contributed by atoms with E-state index >= 15 is 0 Å². The second kappa shape index (κ2) is 8.87. The van der Waals surface area contributed by atoms with Gasteiger partial charge in [-0.2, -0.15) is 4.99 Å². The van der Waals surface area contributed by atoms with Crippen LogP contribution in [0.3, 0.4) is 0 Å². The van der Waals surface area contributed by atoms with Gasteiger partial charge in [0.25, 0.3) is 0 Å². The molecule has 0 heterocycles. The van der Waals surface area contributed by atoms with Crippen LogP contribution in [-0.4, -0.2) is 5.16 Å². The zero-order valence-electron chi connectivity index (χ0n) is 12.7. The molecule has 2 aromatic carbocycles. The average molecular weight is 360 g/mol. The van der Waals surface area contributed by atoms with Gasteiger partial charge >= 0.3 is 0 Å². The minimum atomic E-state index is 0.411. The van der Waals surface area contributed by atoms with E-state index in [0.717, 1.165) is 17.5 Å². The van der Waals surface area contributed by atoms with Gasteiger partial charge in [-0.15, -0.1) is 0 Å². The number of hydrogen-bond acceptors (Lipinski definition) is 2. The maximum atomic E-state index is 6.13. The van der Waals surface area contributed by atoms with Crippen molar-refractivity contribution >= 4 is 46.3 Å². The molecule has 2 aromatic rings. The molecule has 0 saturated heterocycles. The van der Waals surface area contributed by atoms with Crippen LogP contribution in [0.1, 0.15) is 36.5 Å². The number of isothiocyanates is 1. The zero-order valence-corrected chi connectivity index (χ0v) is 15.0. The second-order valence-corrected chi connectivity index (χ2v) is 6.04. The second-order valence-electron chi connectivity index (χ2n) is 5.04. The Morgan fingerprint density at radius 2 is 1.61 bits per heavy atom. The molecule has 0 amide bonds. The van der Waals surface area contributed by atoms with Crippen LogP contribution in [0.25, 0.3) is 0 Å². The van der Waals surface area contributed by atoms with Crippen molar-refractivity contribution in [3.63, 3.8) is 0 Å². The van der Waals surface area contributed by atoms with Crippen molar-refractivity contribution in [2.45, 2.75) is 26.2 Å². The third-order valence-electron chi connectivity index (χ3n) is 3.30. The van der Waals surface area contributed by atoms with Gasteiger partial charge in [0.1, 0.15) is 5.69 Å². The van der Waals surface area contributed by atoms with E-state index < -0.39 is 0 Å². The fourth-order valence-corrected chi connectivity index (χ4v) is 2.73. The van der Waals surface area contributed by atoms with Crippen LogP contribution >= 0.6 is 35.4 Å². The Morgan fingerprint density at radius 1 is 1.00 bits per heavy atom. The molecule has 0 aliphatic heterocycles. The molecule has 4 heteroatoms. The summed E-state index contributed by atoms with van der Waals surface area (Å²) in [6.45, 7) is 2.19. The van der Waals surface area contributed by atoms with Gasteiger partial charge in [-0.3, -0.25) is 0 Å². The number of halogens is 2. The summed E-state index contributed by atoms with van der Waals surface area (Å²) < 4.78 is 0. The number of nitrogens with zero attached hydrogens (tertiary/aromatic N) is 1. The fraction of sp³-hybridized carbons (Fsp3) is 0.211. The summed E-state index contributed by atoms with van der Waals surface area (Å²) in [4.78, 5) is 3.85. The highest BCUT2D eigenvalue weighted by Gasteiger charge is 2.06. The number of hydrogen-bond donors (Lipinski definition) is 0. The van der Waals surface area contributed by atoms with Gasteiger partial charge in [-0.1, -0.05) is 60.5 Å². The maximum Gasteiger partial charge on any atom is 0.111 e. The Morgan fingerprint density at radius 3 is 2.17 bits per heavy atom. The highest BCUT2D eigenvalue weighted by molar-refractivity contribution is 7.78. The van der Waals surface area contributed by atoms with E-state index in [1.165, 1.54) is 18.4 Å². The minimum absolute atomic E-state index is 0.411. The molecule has 0 fully saturated rings. The molecule has 0 N–H and O–H groups in total. The third kappa shape index (κ3) is 5.20. The van der Waals surface area contributed by atoms with E-state index in [1.54, 1.807) is 12.1 Å². The maximum absolute atomic E-state index is 6.13. The van der Waals surface area contributed by atoms with E-state index in [4.69, 9.17) is 23.2 Å². The SMILES string of the molecule is CCCCc1ccc(C#Cc2cc(Cl)c(N=C=S)c(Cl)c2)cc1. The van der Waals surface area contributed by atoms with Crippen molar-refractivity contribution in [3.05, 3.63) is 63.1 Å². The van der Waals surface area contributed by atoms with Crippen LogP contribution < -0.4 is 0 Å². The standard InChI is InChI=1S/C19H15Cl2NS/c1-2-3-4-14-5-7-15(8-6-14)9-10-16-11-17(20)19(22-13-23)18(21)12-16/h5-8,11-12H,2-4H2,1H3. The summed E-state index contributed by atoms with van der Waals surface area (Å²) >= 11 is 16.8. The highest BCUT2D eigenvalue weighted by atomic mass is 35.5. The molecule has 0 atom stereocenters. The number of unbranched alkanes of at least 4 members (excludes halogenated alkanes) is 1. The molecule has 2 rings (SSSR count). The van der Waals surface area contributed by atoms with Crippen LogP contribution in [0.4, 0.5) is 5.69 Å². The number of thiocarbonyl (C=S) groups is 1. The van der Waals surface area contributed by atoms with Crippen molar-refractivity contribution in [3.8, 4) is 11.8 Å². The van der Waals surface area contributed by atoms with Crippen LogP contribution in [0.5, 0.6) is 0 Å². The molecular weight excluding hydrogens is 345 g/mol. The Labute approximate surface area is 152 Å². The van der Waals surface area contributed by atoms with E-state index in [0.29, 0.717) is 15.7 Å². The number of aliphatic imine (C=N–C) groups is 1. The van der Waals surface area contributed by atoms with E-state index in [9.17, 15) is 0 Å². The monoisotopic (exact) mass is 359 g/mol. The Kier molecular flexibility index (Phi) is 6.84. The fourth-order valence-electron chi connectivity index (χ4n) is 2.07. The molecule has 23 heavy (non-hydrogen) atoms. The van der Waals surface area contributed by atoms with Crippen molar-refractivity contribution in [1.82, 2.24) is 0 Å². The third-order valence-corrected chi connectivity index (χ3v) is 3.97. The quantitative estimate of drug-likeness (QED) is 0.346. The van der Waals surface area contributed by atoms with Gasteiger partial charge in [0.15, 0.2) is 0 Å². The molecule has 0 aliphatic rings.